The van der Waals surface area contributed by atoms with Crippen LogP contribution in [-0.4, -0.2) is 26.9 Å². The van der Waals surface area contributed by atoms with Gasteiger partial charge in [0.2, 0.25) is 15.9 Å². The van der Waals surface area contributed by atoms with Crippen LogP contribution in [0.1, 0.15) is 12.8 Å². The lowest BCUT2D eigenvalue weighted by Gasteiger charge is -2.13. The number of nitrogens with one attached hydrogen (secondary N) is 2. The summed E-state index contributed by atoms with van der Waals surface area (Å²) in [4.78, 5) is 11.4. The summed E-state index contributed by atoms with van der Waals surface area (Å²) >= 11 is 0. The van der Waals surface area contributed by atoms with E-state index < -0.39 is 10.0 Å². The van der Waals surface area contributed by atoms with Crippen molar-refractivity contribution in [2.75, 3.05) is 6.54 Å². The number of sulfonamides is 1. The van der Waals surface area contributed by atoms with Crippen LogP contribution in [0.2, 0.25) is 0 Å². The Morgan fingerprint density at radius 3 is 2.67 bits per heavy atom. The molecule has 5 nitrogen and oxygen atoms in total. The highest BCUT2D eigenvalue weighted by Gasteiger charge is 2.23. The van der Waals surface area contributed by atoms with Gasteiger partial charge in [-0.05, 0) is 17.9 Å². The lowest BCUT2D eigenvalue weighted by Crippen LogP contribution is -2.38. The first kappa shape index (κ1) is 14.0. The van der Waals surface area contributed by atoms with Crippen molar-refractivity contribution in [2.45, 2.75) is 23.8 Å². The molecule has 0 aromatic heterocycles. The molecule has 0 aliphatic carbocycles. The van der Waals surface area contributed by atoms with Crippen LogP contribution >= 0.6 is 0 Å². The summed E-state index contributed by atoms with van der Waals surface area (Å²) in [5.41, 5.74) is 0. The fourth-order valence-electron chi connectivity index (χ4n) is 2.55. The third-order valence-electron chi connectivity index (χ3n) is 3.64. The van der Waals surface area contributed by atoms with Crippen molar-refractivity contribution in [2.24, 2.45) is 0 Å². The quantitative estimate of drug-likeness (QED) is 0.896. The Bertz CT molecular complexity index is 781. The van der Waals surface area contributed by atoms with Gasteiger partial charge in [0.25, 0.3) is 0 Å². The maximum atomic E-state index is 12.5. The van der Waals surface area contributed by atoms with E-state index in [9.17, 15) is 13.2 Å². The van der Waals surface area contributed by atoms with Crippen LogP contribution in [0.3, 0.4) is 0 Å². The molecular formula is C15H16N2O3S. The van der Waals surface area contributed by atoms with Crippen LogP contribution < -0.4 is 10.0 Å². The fourth-order valence-corrected chi connectivity index (χ4v) is 3.86. The third kappa shape index (κ3) is 2.91. The number of rotatable bonds is 4. The summed E-state index contributed by atoms with van der Waals surface area (Å²) in [6.07, 6.45) is 1.12. The van der Waals surface area contributed by atoms with Gasteiger partial charge in [-0.2, -0.15) is 0 Å². The predicted octanol–water partition coefficient (Wildman–Crippen LogP) is 1.40. The number of hydrogen-bond acceptors (Lipinski definition) is 3. The average Bonchev–Trinajstić information content (AvgIpc) is 2.90. The molecular weight excluding hydrogens is 288 g/mol. The maximum absolute atomic E-state index is 12.5. The first-order valence-electron chi connectivity index (χ1n) is 6.83. The van der Waals surface area contributed by atoms with Crippen molar-refractivity contribution < 1.29 is 13.2 Å². The molecule has 1 aliphatic rings. The Morgan fingerprint density at radius 2 is 1.90 bits per heavy atom. The van der Waals surface area contributed by atoms with E-state index in [2.05, 4.69) is 10.0 Å². The summed E-state index contributed by atoms with van der Waals surface area (Å²) in [6, 6.07) is 12.4. The summed E-state index contributed by atoms with van der Waals surface area (Å²) < 4.78 is 27.5. The van der Waals surface area contributed by atoms with Crippen LogP contribution in [0.5, 0.6) is 0 Å². The zero-order chi connectivity index (χ0) is 14.9. The molecule has 1 aliphatic heterocycles. The molecule has 6 heteroatoms. The van der Waals surface area contributed by atoms with Crippen LogP contribution in [0.4, 0.5) is 0 Å². The molecule has 1 fully saturated rings. The topological polar surface area (TPSA) is 75.3 Å². The van der Waals surface area contributed by atoms with Gasteiger partial charge in [0.05, 0.1) is 4.90 Å². The van der Waals surface area contributed by atoms with Gasteiger partial charge >= 0.3 is 0 Å². The lowest BCUT2D eigenvalue weighted by atomic mass is 10.1. The van der Waals surface area contributed by atoms with E-state index in [0.29, 0.717) is 18.2 Å². The van der Waals surface area contributed by atoms with Crippen LogP contribution in [0.25, 0.3) is 10.8 Å². The van der Waals surface area contributed by atoms with E-state index in [1.165, 1.54) is 0 Å². The highest BCUT2D eigenvalue weighted by Crippen LogP contribution is 2.22. The normalized spacial score (nSPS) is 18.9. The molecule has 0 saturated carbocycles. The number of carbonyl (C=O) groups is 1. The number of carbonyl (C=O) groups excluding carboxylic acids is 1. The first-order chi connectivity index (χ1) is 10.1. The van der Waals surface area contributed by atoms with Crippen molar-refractivity contribution >= 4 is 26.7 Å². The van der Waals surface area contributed by atoms with E-state index in [4.69, 9.17) is 0 Å². The second-order valence-corrected chi connectivity index (χ2v) is 6.87. The third-order valence-corrected chi connectivity index (χ3v) is 5.13. The lowest BCUT2D eigenvalue weighted by molar-refractivity contribution is -0.119. The van der Waals surface area contributed by atoms with Crippen molar-refractivity contribution in [3.63, 3.8) is 0 Å². The van der Waals surface area contributed by atoms with Crippen molar-refractivity contribution in [1.82, 2.24) is 10.0 Å². The minimum atomic E-state index is -3.59. The highest BCUT2D eigenvalue weighted by atomic mass is 32.2. The second-order valence-electron chi connectivity index (χ2n) is 5.13. The Hall–Kier alpha value is -1.92. The smallest absolute Gasteiger partial charge is 0.241 e. The second kappa shape index (κ2) is 5.46. The molecule has 0 spiro atoms. The van der Waals surface area contributed by atoms with E-state index in [-0.39, 0.29) is 23.4 Å². The van der Waals surface area contributed by atoms with Crippen molar-refractivity contribution in [3.05, 3.63) is 42.5 Å². The molecule has 0 bridgehead atoms. The number of benzene rings is 2. The number of fused-ring (bicyclic) bond motifs is 1. The minimum Gasteiger partial charge on any atom is -0.352 e. The van der Waals surface area contributed by atoms with Gasteiger partial charge in [0.15, 0.2) is 0 Å². The van der Waals surface area contributed by atoms with Gasteiger partial charge < -0.3 is 5.32 Å². The van der Waals surface area contributed by atoms with Gasteiger partial charge in [-0.3, -0.25) is 4.79 Å². The van der Waals surface area contributed by atoms with E-state index >= 15 is 0 Å². The first-order valence-corrected chi connectivity index (χ1v) is 8.31. The molecule has 1 unspecified atom stereocenters. The van der Waals surface area contributed by atoms with Crippen LogP contribution in [0.15, 0.2) is 47.4 Å². The Morgan fingerprint density at radius 1 is 1.14 bits per heavy atom. The molecule has 0 radical (unpaired) electrons. The molecule has 1 atom stereocenters. The Balaban J connectivity index is 1.85. The Labute approximate surface area is 123 Å². The SMILES string of the molecule is O=C1CCC(CNS(=O)(=O)c2cccc3ccccc23)N1. The van der Waals surface area contributed by atoms with Gasteiger partial charge in [0, 0.05) is 24.4 Å². The van der Waals surface area contributed by atoms with Crippen molar-refractivity contribution in [1.29, 1.82) is 0 Å². The average molecular weight is 304 g/mol. The van der Waals surface area contributed by atoms with Crippen LogP contribution in [0, 0.1) is 0 Å². The highest BCUT2D eigenvalue weighted by molar-refractivity contribution is 7.89. The van der Waals surface area contributed by atoms with E-state index in [1.807, 2.05) is 24.3 Å². The van der Waals surface area contributed by atoms with Gasteiger partial charge in [-0.25, -0.2) is 13.1 Å². The van der Waals surface area contributed by atoms with Gasteiger partial charge in [-0.1, -0.05) is 36.4 Å². The van der Waals surface area contributed by atoms with Gasteiger partial charge in [-0.15, -0.1) is 0 Å². The van der Waals surface area contributed by atoms with Crippen molar-refractivity contribution in [3.8, 4) is 0 Å². The predicted molar refractivity (Wildman–Crippen MR) is 80.3 cm³/mol. The standard InChI is InChI=1S/C15H16N2O3S/c18-15-9-8-12(17-15)10-16-21(19,20)14-7-3-5-11-4-1-2-6-13(11)14/h1-7,12,16H,8-10H2,(H,17,18). The fraction of sp³-hybridized carbons (Fsp3) is 0.267. The summed E-state index contributed by atoms with van der Waals surface area (Å²) in [6.45, 7) is 0.220. The number of hydrogen-bond donors (Lipinski definition) is 2. The summed E-state index contributed by atoms with van der Waals surface area (Å²) in [7, 11) is -3.59. The van der Waals surface area contributed by atoms with Crippen LogP contribution in [-0.2, 0) is 14.8 Å². The Kier molecular flexibility index (Phi) is 3.65. The maximum Gasteiger partial charge on any atom is 0.241 e. The molecule has 1 saturated heterocycles. The van der Waals surface area contributed by atoms with E-state index in [1.54, 1.807) is 18.2 Å². The molecule has 2 aromatic rings. The monoisotopic (exact) mass is 304 g/mol. The minimum absolute atomic E-state index is 0.0237. The molecule has 2 N–H and O–H groups in total. The largest absolute Gasteiger partial charge is 0.352 e. The van der Waals surface area contributed by atoms with Gasteiger partial charge in [0.1, 0.15) is 0 Å². The number of amides is 1. The molecule has 21 heavy (non-hydrogen) atoms. The molecule has 1 amide bonds. The van der Waals surface area contributed by atoms with E-state index in [0.717, 1.165) is 5.39 Å². The zero-order valence-corrected chi connectivity index (χ0v) is 12.2. The zero-order valence-electron chi connectivity index (χ0n) is 11.4. The summed E-state index contributed by atoms with van der Waals surface area (Å²) in [5, 5.41) is 4.33. The molecule has 2 aromatic carbocycles. The molecule has 1 heterocycles. The molecule has 110 valence electrons. The molecule has 3 rings (SSSR count). The summed E-state index contributed by atoms with van der Waals surface area (Å²) in [5.74, 6) is -0.0237.